The maximum absolute atomic E-state index is 13.9. The Bertz CT molecular complexity index is 999. The van der Waals surface area contributed by atoms with E-state index in [2.05, 4.69) is 16.1 Å². The summed E-state index contributed by atoms with van der Waals surface area (Å²) in [5.41, 5.74) is 1.43. The first-order valence-corrected chi connectivity index (χ1v) is 8.06. The summed E-state index contributed by atoms with van der Waals surface area (Å²) in [4.78, 5) is 23.4. The maximum Gasteiger partial charge on any atom is 1.00 e. The van der Waals surface area contributed by atoms with Gasteiger partial charge in [0.2, 0.25) is 5.89 Å². The molecule has 10 heteroatoms. The molecule has 2 N–H and O–H groups in total. The molecule has 3 rings (SSSR count). The van der Waals surface area contributed by atoms with Crippen molar-refractivity contribution in [1.82, 2.24) is 4.98 Å². The van der Waals surface area contributed by atoms with E-state index in [4.69, 9.17) is 9.31 Å². The fraction of sp³-hybridized carbons (Fsp3) is 0. The number of benzene rings is 2. The zero-order chi connectivity index (χ0) is 17.5. The molecule has 0 aliphatic carbocycles. The van der Waals surface area contributed by atoms with E-state index in [0.29, 0.717) is 16.7 Å². The zero-order valence-electron chi connectivity index (χ0n) is 13.0. The number of phosphoric ester groups is 1. The number of hydrogen-bond acceptors (Lipinski definition) is 6. The van der Waals surface area contributed by atoms with E-state index in [0.717, 1.165) is 12.1 Å². The van der Waals surface area contributed by atoms with Gasteiger partial charge in [-0.15, -0.1) is 0 Å². The third-order valence-corrected chi connectivity index (χ3v) is 3.54. The van der Waals surface area contributed by atoms with Gasteiger partial charge < -0.3 is 23.8 Å². The molecule has 3 aromatic rings. The molecule has 0 aliphatic heterocycles. The molecule has 0 amide bonds. The second kappa shape index (κ2) is 7.69. The molecule has 0 fully saturated rings. The number of nitrogens with zero attached hydrogens (tertiary/aromatic N) is 1. The molecule has 124 valence electrons. The third-order valence-electron chi connectivity index (χ3n) is 3.12. The van der Waals surface area contributed by atoms with Gasteiger partial charge in [0.1, 0.15) is 11.3 Å². The largest absolute Gasteiger partial charge is 1.00 e. The first-order valence-electron chi connectivity index (χ1n) is 6.56. The summed E-state index contributed by atoms with van der Waals surface area (Å²) in [5.74, 6) is -1.65. The third kappa shape index (κ3) is 4.58. The van der Waals surface area contributed by atoms with Crippen molar-refractivity contribution in [2.75, 3.05) is 0 Å². The van der Waals surface area contributed by atoms with Gasteiger partial charge in [0, 0.05) is 17.2 Å². The summed E-state index contributed by atoms with van der Waals surface area (Å²) >= 11 is 0. The number of oxazole rings is 1. The van der Waals surface area contributed by atoms with Crippen LogP contribution in [0.3, 0.4) is 0 Å². The molecule has 0 aliphatic rings. The van der Waals surface area contributed by atoms with Gasteiger partial charge in [-0.1, -0.05) is 12.7 Å². The van der Waals surface area contributed by atoms with Crippen molar-refractivity contribution in [1.29, 1.82) is 0 Å². The summed E-state index contributed by atoms with van der Waals surface area (Å²) < 4.78 is 34.2. The van der Waals surface area contributed by atoms with Crippen LogP contribution in [0.5, 0.6) is 11.5 Å². The van der Waals surface area contributed by atoms with Gasteiger partial charge in [0.05, 0.1) is 0 Å². The van der Waals surface area contributed by atoms with Gasteiger partial charge in [-0.2, -0.15) is 0 Å². The van der Waals surface area contributed by atoms with Crippen LogP contribution in [0.1, 0.15) is 5.56 Å². The Morgan fingerprint density at radius 3 is 2.68 bits per heavy atom. The molecule has 0 saturated heterocycles. The quantitative estimate of drug-likeness (QED) is 0.470. The predicted octanol–water partition coefficient (Wildman–Crippen LogP) is -0.174. The molecule has 0 bridgehead atoms. The van der Waals surface area contributed by atoms with Gasteiger partial charge in [0.15, 0.2) is 17.1 Å². The standard InChI is InChI=1S/C15H11FNO6P.K/c1-2-8-5-10(18)7-12-14(8)22-15(17-12)9-3-4-13(11(16)6-9)23-24(19,20)21;/h2-7,18H,1H2,(H2,19,20,21);/q;+1/p-1. The summed E-state index contributed by atoms with van der Waals surface area (Å²) in [5, 5.41) is 9.62. The second-order valence-electron chi connectivity index (χ2n) is 4.81. The number of phenolic OH excluding ortho intramolecular Hbond substituents is 1. The number of aromatic nitrogens is 1. The molecule has 7 nitrogen and oxygen atoms in total. The van der Waals surface area contributed by atoms with Crippen molar-refractivity contribution in [3.63, 3.8) is 0 Å². The van der Waals surface area contributed by atoms with Gasteiger partial charge in [0.25, 0.3) is 0 Å². The average molecular weight is 389 g/mol. The SMILES string of the molecule is C=Cc1cc(O)cc2nc(-c3ccc(OP(=O)([O-])O)c(F)c3)oc12.[K+]. The normalized spacial score (nSPS) is 13.1. The number of halogens is 1. The average Bonchev–Trinajstić information content (AvgIpc) is 2.90. The molecule has 1 unspecified atom stereocenters. The van der Waals surface area contributed by atoms with E-state index >= 15 is 0 Å². The Hall–Kier alpha value is -1.03. The van der Waals surface area contributed by atoms with Crippen LogP contribution in [0.25, 0.3) is 28.6 Å². The summed E-state index contributed by atoms with van der Waals surface area (Å²) in [6.45, 7) is 3.61. The molecule has 1 heterocycles. The number of phosphoric acid groups is 1. The van der Waals surface area contributed by atoms with Crippen molar-refractivity contribution in [3.8, 4) is 23.0 Å². The van der Waals surface area contributed by atoms with Crippen LogP contribution in [0.15, 0.2) is 41.3 Å². The van der Waals surface area contributed by atoms with Crippen LogP contribution in [-0.2, 0) is 4.57 Å². The smallest absolute Gasteiger partial charge is 0.746 e. The minimum atomic E-state index is -5.11. The first kappa shape index (κ1) is 20.3. The number of rotatable bonds is 4. The minimum absolute atomic E-state index is 0. The van der Waals surface area contributed by atoms with E-state index in [9.17, 15) is 19.0 Å². The van der Waals surface area contributed by atoms with Crippen molar-refractivity contribution in [2.45, 2.75) is 0 Å². The topological polar surface area (TPSA) is 116 Å². The molecule has 1 atom stereocenters. The van der Waals surface area contributed by atoms with Gasteiger partial charge >= 0.3 is 59.2 Å². The second-order valence-corrected chi connectivity index (χ2v) is 5.93. The number of fused-ring (bicyclic) bond motifs is 1. The Morgan fingerprint density at radius 1 is 1.36 bits per heavy atom. The molecule has 1 aromatic heterocycles. The van der Waals surface area contributed by atoms with E-state index < -0.39 is 19.4 Å². The number of hydrogen-bond donors (Lipinski definition) is 2. The zero-order valence-corrected chi connectivity index (χ0v) is 17.0. The summed E-state index contributed by atoms with van der Waals surface area (Å²) in [7, 11) is -5.11. The van der Waals surface area contributed by atoms with Crippen molar-refractivity contribution in [3.05, 3.63) is 48.3 Å². The predicted molar refractivity (Wildman–Crippen MR) is 81.6 cm³/mol. The molecule has 0 spiro atoms. The van der Waals surface area contributed by atoms with Gasteiger partial charge in [-0.3, -0.25) is 4.57 Å². The van der Waals surface area contributed by atoms with Crippen LogP contribution in [0, 0.1) is 5.82 Å². The molecule has 25 heavy (non-hydrogen) atoms. The van der Waals surface area contributed by atoms with E-state index in [-0.39, 0.29) is 68.6 Å². The molecule has 0 saturated carbocycles. The van der Waals surface area contributed by atoms with E-state index in [1.807, 2.05) is 0 Å². The molecule has 2 aromatic carbocycles. The van der Waals surface area contributed by atoms with Gasteiger partial charge in [-0.25, -0.2) is 9.37 Å². The molecular weight excluding hydrogens is 379 g/mol. The van der Waals surface area contributed by atoms with Crippen LogP contribution in [0.2, 0.25) is 0 Å². The van der Waals surface area contributed by atoms with Crippen LogP contribution in [-0.4, -0.2) is 15.0 Å². The Balaban J connectivity index is 0.00000225. The monoisotopic (exact) mass is 389 g/mol. The number of phenols is 1. The van der Waals surface area contributed by atoms with Crippen molar-refractivity contribution >= 4 is 25.0 Å². The molecular formula is C15H10FKNO6P. The first-order chi connectivity index (χ1) is 11.3. The minimum Gasteiger partial charge on any atom is -0.746 e. The van der Waals surface area contributed by atoms with Crippen LogP contribution in [0.4, 0.5) is 4.39 Å². The van der Waals surface area contributed by atoms with Gasteiger partial charge in [-0.05, 0) is 24.3 Å². The van der Waals surface area contributed by atoms with E-state index in [1.165, 1.54) is 24.3 Å². The molecule has 0 radical (unpaired) electrons. The van der Waals surface area contributed by atoms with Crippen molar-refractivity contribution in [2.24, 2.45) is 0 Å². The van der Waals surface area contributed by atoms with E-state index in [1.54, 1.807) is 0 Å². The summed E-state index contributed by atoms with van der Waals surface area (Å²) in [6.07, 6.45) is 1.47. The fourth-order valence-electron chi connectivity index (χ4n) is 2.15. The van der Waals surface area contributed by atoms with Crippen LogP contribution >= 0.6 is 7.82 Å². The summed E-state index contributed by atoms with van der Waals surface area (Å²) in [6, 6.07) is 6.10. The number of aromatic hydroxyl groups is 1. The van der Waals surface area contributed by atoms with Crippen molar-refractivity contribution < 1.29 is 84.2 Å². The van der Waals surface area contributed by atoms with Crippen LogP contribution < -0.4 is 60.8 Å². The Labute approximate surface area is 183 Å². The Kier molecular flexibility index (Phi) is 6.24. The maximum atomic E-state index is 13.9. The Morgan fingerprint density at radius 2 is 2.08 bits per heavy atom. The fourth-order valence-corrected chi connectivity index (χ4v) is 2.55.